The number of aromatic nitrogens is 2. The molecule has 0 aliphatic rings. The van der Waals surface area contributed by atoms with E-state index in [1.165, 1.54) is 18.2 Å². The summed E-state index contributed by atoms with van der Waals surface area (Å²) in [5.41, 5.74) is -0.381. The van der Waals surface area contributed by atoms with Gasteiger partial charge in [-0.25, -0.2) is 22.5 Å². The lowest BCUT2D eigenvalue weighted by Crippen LogP contribution is -2.06. The minimum absolute atomic E-state index is 0.0655. The number of benzene rings is 2. The summed E-state index contributed by atoms with van der Waals surface area (Å²) < 4.78 is 54.9. The maximum Gasteiger partial charge on any atom is 0.229 e. The van der Waals surface area contributed by atoms with E-state index in [-0.39, 0.29) is 17.5 Å². The largest absolute Gasteiger partial charge is 0.335 e. The molecule has 2 aromatic carbocycles. The summed E-state index contributed by atoms with van der Waals surface area (Å²) in [5.74, 6) is -3.30. The summed E-state index contributed by atoms with van der Waals surface area (Å²) in [5, 5.41) is 4.95. The lowest BCUT2D eigenvalue weighted by molar-refractivity contribution is 0.590. The number of hydrogen-bond donors (Lipinski definition) is 2. The van der Waals surface area contributed by atoms with Crippen molar-refractivity contribution in [2.45, 2.75) is 6.92 Å². The molecule has 0 saturated carbocycles. The number of hydrogen-bond acceptors (Lipinski definition) is 4. The molecule has 1 heterocycles. The molecule has 128 valence electrons. The Morgan fingerprint density at radius 2 is 1.20 bits per heavy atom. The first-order chi connectivity index (χ1) is 11.9. The second kappa shape index (κ2) is 6.76. The molecule has 8 heteroatoms. The zero-order valence-electron chi connectivity index (χ0n) is 12.9. The van der Waals surface area contributed by atoms with Gasteiger partial charge in [0.2, 0.25) is 5.95 Å². The van der Waals surface area contributed by atoms with Gasteiger partial charge in [0.25, 0.3) is 0 Å². The zero-order valence-corrected chi connectivity index (χ0v) is 12.9. The molecule has 0 aliphatic carbocycles. The van der Waals surface area contributed by atoms with Gasteiger partial charge in [-0.05, 0) is 31.2 Å². The molecule has 4 nitrogen and oxygen atoms in total. The quantitative estimate of drug-likeness (QED) is 0.663. The second-order valence-corrected chi connectivity index (χ2v) is 5.16. The van der Waals surface area contributed by atoms with E-state index in [1.54, 1.807) is 6.92 Å². The number of rotatable bonds is 4. The van der Waals surface area contributed by atoms with Crippen LogP contribution in [0.15, 0.2) is 42.5 Å². The first-order valence-electron chi connectivity index (χ1n) is 7.22. The Morgan fingerprint density at radius 3 is 1.72 bits per heavy atom. The van der Waals surface area contributed by atoms with Crippen LogP contribution in [0, 0.1) is 30.2 Å². The van der Waals surface area contributed by atoms with Crippen LogP contribution in [0.4, 0.5) is 40.7 Å². The van der Waals surface area contributed by atoms with Crippen LogP contribution >= 0.6 is 0 Å². The molecule has 0 amide bonds. The summed E-state index contributed by atoms with van der Waals surface area (Å²) in [7, 11) is 0. The Labute approximate surface area is 140 Å². The van der Waals surface area contributed by atoms with Gasteiger partial charge in [-0.15, -0.1) is 0 Å². The highest BCUT2D eigenvalue weighted by molar-refractivity contribution is 5.61. The predicted octanol–water partition coefficient (Wildman–Crippen LogP) is 4.83. The molecule has 0 fully saturated rings. The van der Waals surface area contributed by atoms with Gasteiger partial charge < -0.3 is 10.6 Å². The number of para-hydroxylation sites is 2. The third kappa shape index (κ3) is 3.68. The summed E-state index contributed by atoms with van der Waals surface area (Å²) in [4.78, 5) is 8.00. The van der Waals surface area contributed by atoms with Gasteiger partial charge in [-0.2, -0.15) is 4.98 Å². The smallest absolute Gasteiger partial charge is 0.229 e. The van der Waals surface area contributed by atoms with Crippen LogP contribution in [-0.2, 0) is 0 Å². The lowest BCUT2D eigenvalue weighted by atomic mass is 10.3. The maximum atomic E-state index is 13.7. The van der Waals surface area contributed by atoms with E-state index in [0.717, 1.165) is 24.3 Å². The van der Waals surface area contributed by atoms with E-state index < -0.39 is 29.0 Å². The van der Waals surface area contributed by atoms with Gasteiger partial charge in [0.05, 0.1) is 0 Å². The van der Waals surface area contributed by atoms with Crippen LogP contribution in [0.25, 0.3) is 0 Å². The van der Waals surface area contributed by atoms with E-state index in [2.05, 4.69) is 20.6 Å². The minimum atomic E-state index is -0.820. The van der Waals surface area contributed by atoms with Crippen molar-refractivity contribution in [1.29, 1.82) is 0 Å². The number of aryl methyl sites for hydroxylation is 1. The Morgan fingerprint density at radius 1 is 0.720 bits per heavy atom. The molecule has 0 bridgehead atoms. The van der Waals surface area contributed by atoms with Crippen molar-refractivity contribution in [3.63, 3.8) is 0 Å². The molecule has 2 N–H and O–H groups in total. The van der Waals surface area contributed by atoms with Gasteiger partial charge in [-0.1, -0.05) is 12.1 Å². The van der Waals surface area contributed by atoms with Crippen molar-refractivity contribution in [3.8, 4) is 0 Å². The lowest BCUT2D eigenvalue weighted by Gasteiger charge is -2.12. The SMILES string of the molecule is Cc1cc(Nc2c(F)cccc2F)nc(Nc2c(F)cccc2F)n1. The molecule has 0 unspecified atom stereocenters. The third-order valence-electron chi connectivity index (χ3n) is 3.27. The van der Waals surface area contributed by atoms with Crippen molar-refractivity contribution in [3.05, 3.63) is 71.4 Å². The van der Waals surface area contributed by atoms with E-state index >= 15 is 0 Å². The average molecular weight is 348 g/mol. The van der Waals surface area contributed by atoms with Crippen LogP contribution in [-0.4, -0.2) is 9.97 Å². The third-order valence-corrected chi connectivity index (χ3v) is 3.27. The standard InChI is InChI=1S/C17H12F4N4/c1-9-8-14(23-15-10(18)4-2-5-11(15)19)24-17(22-9)25-16-12(20)6-3-7-13(16)21/h2-8H,1H3,(H2,22,23,24,25). The predicted molar refractivity (Wildman–Crippen MR) is 86.1 cm³/mol. The first kappa shape index (κ1) is 16.7. The van der Waals surface area contributed by atoms with Crippen molar-refractivity contribution in [2.75, 3.05) is 10.6 Å². The highest BCUT2D eigenvalue weighted by atomic mass is 19.1. The molecule has 0 saturated heterocycles. The topological polar surface area (TPSA) is 49.8 Å². The van der Waals surface area contributed by atoms with Crippen molar-refractivity contribution >= 4 is 23.1 Å². The fourth-order valence-electron chi connectivity index (χ4n) is 2.16. The average Bonchev–Trinajstić information content (AvgIpc) is 2.54. The molecule has 0 atom stereocenters. The fourth-order valence-corrected chi connectivity index (χ4v) is 2.16. The van der Waals surface area contributed by atoms with Crippen LogP contribution in [0.2, 0.25) is 0 Å². The van der Waals surface area contributed by atoms with Crippen molar-refractivity contribution < 1.29 is 17.6 Å². The van der Waals surface area contributed by atoms with E-state index in [1.807, 2.05) is 0 Å². The fraction of sp³-hybridized carbons (Fsp3) is 0.0588. The Hall–Kier alpha value is -3.16. The molecule has 3 rings (SSSR count). The van der Waals surface area contributed by atoms with Gasteiger partial charge in [0.15, 0.2) is 0 Å². The molecule has 25 heavy (non-hydrogen) atoms. The van der Waals surface area contributed by atoms with Gasteiger partial charge in [0, 0.05) is 11.8 Å². The summed E-state index contributed by atoms with van der Waals surface area (Å²) in [6.45, 7) is 1.60. The second-order valence-electron chi connectivity index (χ2n) is 5.16. The van der Waals surface area contributed by atoms with Crippen molar-refractivity contribution in [1.82, 2.24) is 9.97 Å². The molecule has 0 radical (unpaired) electrons. The number of anilines is 4. The zero-order chi connectivity index (χ0) is 18.0. The Bertz CT molecular complexity index is 818. The number of nitrogens with zero attached hydrogens (tertiary/aromatic N) is 2. The van der Waals surface area contributed by atoms with E-state index in [0.29, 0.717) is 5.69 Å². The molecular formula is C17H12F4N4. The Balaban J connectivity index is 1.93. The van der Waals surface area contributed by atoms with Crippen LogP contribution in [0.3, 0.4) is 0 Å². The summed E-state index contributed by atoms with van der Waals surface area (Å²) >= 11 is 0. The summed E-state index contributed by atoms with van der Waals surface area (Å²) in [6, 6.07) is 8.23. The van der Waals surface area contributed by atoms with Crippen LogP contribution < -0.4 is 10.6 Å². The van der Waals surface area contributed by atoms with Gasteiger partial charge in [0.1, 0.15) is 40.5 Å². The first-order valence-corrected chi connectivity index (χ1v) is 7.22. The molecule has 1 aromatic heterocycles. The normalized spacial score (nSPS) is 10.6. The monoisotopic (exact) mass is 348 g/mol. The minimum Gasteiger partial charge on any atom is -0.335 e. The van der Waals surface area contributed by atoms with E-state index in [4.69, 9.17) is 0 Å². The number of nitrogens with one attached hydrogen (secondary N) is 2. The van der Waals surface area contributed by atoms with Gasteiger partial charge in [-0.3, -0.25) is 0 Å². The number of halogens is 4. The van der Waals surface area contributed by atoms with E-state index in [9.17, 15) is 17.6 Å². The van der Waals surface area contributed by atoms with Gasteiger partial charge >= 0.3 is 0 Å². The molecular weight excluding hydrogens is 336 g/mol. The Kier molecular flexibility index (Phi) is 4.51. The molecule has 0 aliphatic heterocycles. The maximum absolute atomic E-state index is 13.7. The highest BCUT2D eigenvalue weighted by Crippen LogP contribution is 2.25. The molecule has 0 spiro atoms. The highest BCUT2D eigenvalue weighted by Gasteiger charge is 2.13. The van der Waals surface area contributed by atoms with Crippen molar-refractivity contribution in [2.24, 2.45) is 0 Å². The summed E-state index contributed by atoms with van der Waals surface area (Å²) in [6.07, 6.45) is 0. The van der Waals surface area contributed by atoms with Crippen LogP contribution in [0.5, 0.6) is 0 Å². The van der Waals surface area contributed by atoms with Crippen LogP contribution in [0.1, 0.15) is 5.69 Å². The molecule has 3 aromatic rings.